The largest absolute Gasteiger partial charge is 0.478 e. The van der Waals surface area contributed by atoms with Crippen molar-refractivity contribution in [2.24, 2.45) is 0 Å². The second-order valence-corrected chi connectivity index (χ2v) is 6.63. The molecule has 0 bridgehead atoms. The molecule has 0 amide bonds. The first-order valence-electron chi connectivity index (χ1n) is 5.96. The Morgan fingerprint density at radius 2 is 2.11 bits per heavy atom. The average molecular weight is 286 g/mol. The van der Waals surface area contributed by atoms with Crippen molar-refractivity contribution in [2.75, 3.05) is 29.0 Å². The molecular formula is C12H18N2O4S. The third kappa shape index (κ3) is 2.49. The van der Waals surface area contributed by atoms with E-state index in [0.717, 1.165) is 5.56 Å². The van der Waals surface area contributed by atoms with Crippen molar-refractivity contribution in [2.45, 2.75) is 13.3 Å². The van der Waals surface area contributed by atoms with E-state index in [-0.39, 0.29) is 5.56 Å². The van der Waals surface area contributed by atoms with E-state index in [1.165, 1.54) is 10.4 Å². The van der Waals surface area contributed by atoms with Crippen molar-refractivity contribution in [3.63, 3.8) is 0 Å². The summed E-state index contributed by atoms with van der Waals surface area (Å²) >= 11 is 0. The number of rotatable bonds is 3. The summed E-state index contributed by atoms with van der Waals surface area (Å²) < 4.78 is 21.6. The van der Waals surface area contributed by atoms with Gasteiger partial charge in [-0.2, -0.15) is 0 Å². The molecule has 7 heteroatoms. The topological polar surface area (TPSA) is 93.0 Å². The summed E-state index contributed by atoms with van der Waals surface area (Å²) in [5.74, 6) is -0.702. The summed E-state index contributed by atoms with van der Waals surface area (Å²) in [6.07, 6.45) is 0.688. The molecule has 1 aromatic rings. The Morgan fingerprint density at radius 3 is 2.58 bits per heavy atom. The Balaban J connectivity index is 2.55. The number of hydrogen-bond donors (Lipinski definition) is 4. The van der Waals surface area contributed by atoms with E-state index in [0.29, 0.717) is 30.1 Å². The number of nitrogens with one attached hydrogen (secondary N) is 1. The molecule has 0 spiro atoms. The monoisotopic (exact) mass is 286 g/mol. The number of anilines is 2. The Hall–Kier alpha value is -1.44. The minimum absolute atomic E-state index is 0.132. The lowest BCUT2D eigenvalue weighted by molar-refractivity contribution is 0.0697. The first-order valence-corrected chi connectivity index (χ1v) is 7.63. The number of carboxylic acids is 1. The van der Waals surface area contributed by atoms with E-state index in [4.69, 9.17) is 5.11 Å². The predicted octanol–water partition coefficient (Wildman–Crippen LogP) is 2.61. The highest BCUT2D eigenvalue weighted by atomic mass is 32.3. The molecule has 1 saturated heterocycles. The molecule has 1 aromatic carbocycles. The van der Waals surface area contributed by atoms with Crippen LogP contribution >= 0.6 is 10.8 Å². The number of carboxylic acid groups (broad SMARTS) is 1. The molecule has 0 aromatic heterocycles. The summed E-state index contributed by atoms with van der Waals surface area (Å²) in [7, 11) is -1.11. The lowest BCUT2D eigenvalue weighted by atomic mass is 10.1. The molecule has 0 radical (unpaired) electrons. The van der Waals surface area contributed by atoms with Crippen LogP contribution in [0.15, 0.2) is 12.1 Å². The van der Waals surface area contributed by atoms with E-state index in [1.807, 2.05) is 6.92 Å². The minimum Gasteiger partial charge on any atom is -0.478 e. The molecule has 0 saturated carbocycles. The number of nitrogens with zero attached hydrogens (tertiary/aromatic N) is 1. The maximum atomic E-state index is 11.1. The number of hydrogen-bond acceptors (Lipinski definition) is 5. The van der Waals surface area contributed by atoms with Gasteiger partial charge in [0.2, 0.25) is 0 Å². The van der Waals surface area contributed by atoms with E-state index >= 15 is 0 Å². The average Bonchev–Trinajstić information content (AvgIpc) is 2.69. The second-order valence-electron chi connectivity index (χ2n) is 4.52. The van der Waals surface area contributed by atoms with Gasteiger partial charge in [-0.25, -0.2) is 4.79 Å². The molecule has 0 aliphatic carbocycles. The van der Waals surface area contributed by atoms with Gasteiger partial charge in [-0.15, -0.1) is 10.8 Å². The van der Waals surface area contributed by atoms with E-state index in [2.05, 4.69) is 5.32 Å². The first-order chi connectivity index (χ1) is 8.86. The molecule has 106 valence electrons. The third-order valence-corrected chi connectivity index (χ3v) is 5.22. The van der Waals surface area contributed by atoms with Crippen LogP contribution in [-0.4, -0.2) is 39.5 Å². The molecule has 19 heavy (non-hydrogen) atoms. The number of benzene rings is 1. The van der Waals surface area contributed by atoms with Crippen LogP contribution in [0.5, 0.6) is 0 Å². The smallest absolute Gasteiger partial charge is 0.335 e. The Labute approximate surface area is 113 Å². The van der Waals surface area contributed by atoms with Crippen molar-refractivity contribution in [3.8, 4) is 0 Å². The fourth-order valence-electron chi connectivity index (χ4n) is 2.28. The molecular weight excluding hydrogens is 268 g/mol. The van der Waals surface area contributed by atoms with E-state index in [9.17, 15) is 13.9 Å². The van der Waals surface area contributed by atoms with Gasteiger partial charge in [-0.05, 0) is 31.0 Å². The van der Waals surface area contributed by atoms with Crippen LogP contribution in [0.2, 0.25) is 0 Å². The Morgan fingerprint density at radius 1 is 1.42 bits per heavy atom. The highest BCUT2D eigenvalue weighted by molar-refractivity contribution is 8.25. The van der Waals surface area contributed by atoms with Gasteiger partial charge in [0.1, 0.15) is 0 Å². The quantitative estimate of drug-likeness (QED) is 0.682. The van der Waals surface area contributed by atoms with E-state index in [1.54, 1.807) is 13.1 Å². The van der Waals surface area contributed by atoms with Crippen LogP contribution < -0.4 is 9.62 Å². The lowest BCUT2D eigenvalue weighted by Crippen LogP contribution is -2.23. The normalized spacial score (nSPS) is 19.3. The zero-order valence-electron chi connectivity index (χ0n) is 10.9. The van der Waals surface area contributed by atoms with E-state index < -0.39 is 16.7 Å². The maximum Gasteiger partial charge on any atom is 0.335 e. The standard InChI is InChI=1S/C12H18N2O4S/c1-8-10(13-2)6-9(12(15)16)7-11(8)14-4-3-5-19(14,17)18/h6-7,13,17-18H,3-5H2,1-2H3,(H,15,16). The van der Waals surface area contributed by atoms with Gasteiger partial charge in [0.05, 0.1) is 17.0 Å². The SMILES string of the molecule is CNc1cc(C(=O)O)cc(N2CCCS2(O)O)c1C. The van der Waals surface area contributed by atoms with Gasteiger partial charge in [-0.1, -0.05) is 0 Å². The molecule has 1 fully saturated rings. The molecule has 4 N–H and O–H groups in total. The highest BCUT2D eigenvalue weighted by Crippen LogP contribution is 2.52. The fourth-order valence-corrected chi connectivity index (χ4v) is 3.94. The fraction of sp³-hybridized carbons (Fsp3) is 0.417. The lowest BCUT2D eigenvalue weighted by Gasteiger charge is -2.39. The predicted molar refractivity (Wildman–Crippen MR) is 77.4 cm³/mol. The van der Waals surface area contributed by atoms with Crippen LogP contribution in [0.25, 0.3) is 0 Å². The van der Waals surface area contributed by atoms with Crippen LogP contribution in [0, 0.1) is 6.92 Å². The van der Waals surface area contributed by atoms with Crippen LogP contribution in [-0.2, 0) is 0 Å². The van der Waals surface area contributed by atoms with Crippen molar-refractivity contribution < 1.29 is 19.0 Å². The van der Waals surface area contributed by atoms with Gasteiger partial charge in [-0.3, -0.25) is 13.4 Å². The van der Waals surface area contributed by atoms with Crippen molar-refractivity contribution in [1.29, 1.82) is 0 Å². The van der Waals surface area contributed by atoms with Crippen molar-refractivity contribution >= 4 is 28.1 Å². The molecule has 1 aliphatic rings. The Kier molecular flexibility index (Phi) is 3.62. The highest BCUT2D eigenvalue weighted by Gasteiger charge is 2.31. The van der Waals surface area contributed by atoms with Gasteiger partial charge >= 0.3 is 5.97 Å². The van der Waals surface area contributed by atoms with Gasteiger partial charge < -0.3 is 10.4 Å². The molecule has 2 rings (SSSR count). The van der Waals surface area contributed by atoms with Crippen LogP contribution in [0.4, 0.5) is 11.4 Å². The third-order valence-electron chi connectivity index (χ3n) is 3.30. The van der Waals surface area contributed by atoms with Crippen LogP contribution in [0.1, 0.15) is 22.3 Å². The zero-order chi connectivity index (χ0) is 14.2. The second kappa shape index (κ2) is 4.92. The van der Waals surface area contributed by atoms with Crippen LogP contribution in [0.3, 0.4) is 0 Å². The van der Waals surface area contributed by atoms with Crippen molar-refractivity contribution in [1.82, 2.24) is 0 Å². The van der Waals surface area contributed by atoms with Gasteiger partial charge in [0.15, 0.2) is 0 Å². The molecule has 1 aliphatic heterocycles. The summed E-state index contributed by atoms with van der Waals surface area (Å²) in [6.45, 7) is 2.36. The maximum absolute atomic E-state index is 11.1. The summed E-state index contributed by atoms with van der Waals surface area (Å²) in [5.41, 5.74) is 2.19. The molecule has 0 atom stereocenters. The molecule has 6 nitrogen and oxygen atoms in total. The van der Waals surface area contributed by atoms with Gasteiger partial charge in [0.25, 0.3) is 0 Å². The summed E-state index contributed by atoms with van der Waals surface area (Å²) in [6, 6.07) is 3.04. The summed E-state index contributed by atoms with van der Waals surface area (Å²) in [5, 5.41) is 12.1. The summed E-state index contributed by atoms with van der Waals surface area (Å²) in [4.78, 5) is 11.1. The number of aromatic carboxylic acids is 1. The van der Waals surface area contributed by atoms with Gasteiger partial charge in [0, 0.05) is 19.3 Å². The van der Waals surface area contributed by atoms with Crippen molar-refractivity contribution in [3.05, 3.63) is 23.3 Å². The Bertz CT molecular complexity index is 519. The number of carbonyl (C=O) groups is 1. The zero-order valence-corrected chi connectivity index (χ0v) is 11.7. The first kappa shape index (κ1) is 14.0. The molecule has 0 unspecified atom stereocenters. The minimum atomic E-state index is -2.82. The molecule has 1 heterocycles.